The fourth-order valence-corrected chi connectivity index (χ4v) is 2.65. The molecule has 1 aromatic heterocycles. The SMILES string of the molecule is Cc1ccc(Cl)cc1-c1ccc(/C=N\Nc2ccc(I)cc2)o1. The summed E-state index contributed by atoms with van der Waals surface area (Å²) in [6, 6.07) is 17.5. The lowest BCUT2D eigenvalue weighted by Crippen LogP contribution is -1.89. The molecule has 0 fully saturated rings. The van der Waals surface area contributed by atoms with Crippen LogP contribution in [-0.2, 0) is 0 Å². The number of anilines is 1. The van der Waals surface area contributed by atoms with E-state index in [4.69, 9.17) is 16.0 Å². The Morgan fingerprint density at radius 1 is 1.09 bits per heavy atom. The van der Waals surface area contributed by atoms with Gasteiger partial charge in [0.1, 0.15) is 11.5 Å². The molecule has 3 nitrogen and oxygen atoms in total. The summed E-state index contributed by atoms with van der Waals surface area (Å²) in [6.07, 6.45) is 1.65. The summed E-state index contributed by atoms with van der Waals surface area (Å²) in [5.41, 5.74) is 6.01. The van der Waals surface area contributed by atoms with Crippen LogP contribution in [0.4, 0.5) is 5.69 Å². The Kier molecular flexibility index (Phi) is 5.03. The van der Waals surface area contributed by atoms with E-state index in [1.807, 2.05) is 61.5 Å². The number of hydrogen-bond donors (Lipinski definition) is 1. The molecule has 0 aliphatic rings. The van der Waals surface area contributed by atoms with Crippen LogP contribution in [0.25, 0.3) is 11.3 Å². The van der Waals surface area contributed by atoms with Crippen molar-refractivity contribution in [1.29, 1.82) is 0 Å². The van der Waals surface area contributed by atoms with Crippen LogP contribution in [0.5, 0.6) is 0 Å². The van der Waals surface area contributed by atoms with E-state index in [-0.39, 0.29) is 0 Å². The van der Waals surface area contributed by atoms with Gasteiger partial charge in [-0.15, -0.1) is 0 Å². The molecule has 0 saturated heterocycles. The van der Waals surface area contributed by atoms with Gasteiger partial charge in [-0.1, -0.05) is 17.7 Å². The highest BCUT2D eigenvalue weighted by Gasteiger charge is 2.07. The lowest BCUT2D eigenvalue weighted by Gasteiger charge is -2.02. The van der Waals surface area contributed by atoms with Crippen LogP contribution in [0, 0.1) is 10.5 Å². The third-order valence-corrected chi connectivity index (χ3v) is 4.28. The molecule has 1 N–H and O–H groups in total. The second-order valence-corrected chi connectivity index (χ2v) is 6.72. The molecule has 0 radical (unpaired) electrons. The van der Waals surface area contributed by atoms with Crippen LogP contribution in [0.3, 0.4) is 0 Å². The first kappa shape index (κ1) is 16.1. The first-order valence-corrected chi connectivity index (χ1v) is 8.48. The average Bonchev–Trinajstić information content (AvgIpc) is 3.00. The van der Waals surface area contributed by atoms with E-state index in [0.717, 1.165) is 22.6 Å². The molecule has 1 heterocycles. The van der Waals surface area contributed by atoms with Crippen LogP contribution in [-0.4, -0.2) is 6.21 Å². The number of nitrogens with one attached hydrogen (secondary N) is 1. The molecule has 23 heavy (non-hydrogen) atoms. The molecule has 0 atom stereocenters. The third kappa shape index (κ3) is 4.14. The number of furan rings is 1. The van der Waals surface area contributed by atoms with E-state index in [2.05, 4.69) is 33.1 Å². The lowest BCUT2D eigenvalue weighted by atomic mass is 10.1. The molecule has 0 bridgehead atoms. The maximum absolute atomic E-state index is 6.06. The van der Waals surface area contributed by atoms with Gasteiger partial charge < -0.3 is 4.42 Å². The molecule has 0 amide bonds. The van der Waals surface area contributed by atoms with Gasteiger partial charge in [0.05, 0.1) is 11.9 Å². The van der Waals surface area contributed by atoms with Crippen molar-refractivity contribution >= 4 is 46.1 Å². The summed E-state index contributed by atoms with van der Waals surface area (Å²) in [4.78, 5) is 0. The van der Waals surface area contributed by atoms with Crippen molar-refractivity contribution in [1.82, 2.24) is 0 Å². The van der Waals surface area contributed by atoms with E-state index in [0.29, 0.717) is 10.8 Å². The fourth-order valence-electron chi connectivity index (χ4n) is 2.12. The zero-order chi connectivity index (χ0) is 16.2. The minimum absolute atomic E-state index is 0.678. The zero-order valence-electron chi connectivity index (χ0n) is 12.4. The van der Waals surface area contributed by atoms with Crippen molar-refractivity contribution in [3.05, 3.63) is 74.5 Å². The van der Waals surface area contributed by atoms with Crippen LogP contribution in [0.1, 0.15) is 11.3 Å². The molecule has 0 unspecified atom stereocenters. The minimum Gasteiger partial charge on any atom is -0.455 e. The van der Waals surface area contributed by atoms with E-state index in [1.54, 1.807) is 6.21 Å². The molecular formula is C18H14ClIN2O. The maximum Gasteiger partial charge on any atom is 0.147 e. The summed E-state index contributed by atoms with van der Waals surface area (Å²) >= 11 is 8.32. The van der Waals surface area contributed by atoms with Crippen LogP contribution >= 0.6 is 34.2 Å². The van der Waals surface area contributed by atoms with Crippen molar-refractivity contribution in [2.75, 3.05) is 5.43 Å². The summed E-state index contributed by atoms with van der Waals surface area (Å²) < 4.78 is 7.00. The monoisotopic (exact) mass is 436 g/mol. The maximum atomic E-state index is 6.06. The van der Waals surface area contributed by atoms with Gasteiger partial charge in [0.25, 0.3) is 0 Å². The zero-order valence-corrected chi connectivity index (χ0v) is 15.3. The van der Waals surface area contributed by atoms with Crippen LogP contribution in [0.15, 0.2) is 64.1 Å². The standard InChI is InChI=1S/C18H14ClIN2O/c1-12-2-3-13(19)10-17(12)18-9-8-16(23-18)11-21-22-15-6-4-14(20)5-7-15/h2-11,22H,1H3/b21-11-. The Bertz CT molecular complexity index is 840. The van der Waals surface area contributed by atoms with Gasteiger partial charge in [-0.3, -0.25) is 5.43 Å². The third-order valence-electron chi connectivity index (χ3n) is 3.32. The number of hydrogen-bond acceptors (Lipinski definition) is 3. The largest absolute Gasteiger partial charge is 0.455 e. The Morgan fingerprint density at radius 2 is 1.87 bits per heavy atom. The van der Waals surface area contributed by atoms with Gasteiger partial charge >= 0.3 is 0 Å². The van der Waals surface area contributed by atoms with Crippen molar-refractivity contribution in [2.24, 2.45) is 5.10 Å². The quantitative estimate of drug-likeness (QED) is 0.311. The number of halogens is 2. The topological polar surface area (TPSA) is 37.5 Å². The number of benzene rings is 2. The van der Waals surface area contributed by atoms with Crippen molar-refractivity contribution in [3.8, 4) is 11.3 Å². The van der Waals surface area contributed by atoms with Crippen molar-refractivity contribution in [3.63, 3.8) is 0 Å². The van der Waals surface area contributed by atoms with E-state index < -0.39 is 0 Å². The second kappa shape index (κ2) is 7.19. The number of rotatable bonds is 4. The van der Waals surface area contributed by atoms with Gasteiger partial charge in [-0.25, -0.2) is 0 Å². The summed E-state index contributed by atoms with van der Waals surface area (Å²) in [5, 5.41) is 4.88. The van der Waals surface area contributed by atoms with E-state index in [1.165, 1.54) is 3.57 Å². The molecular weight excluding hydrogens is 423 g/mol. The summed E-state index contributed by atoms with van der Waals surface area (Å²) in [6.45, 7) is 2.03. The molecule has 116 valence electrons. The molecule has 3 aromatic rings. The average molecular weight is 437 g/mol. The van der Waals surface area contributed by atoms with Gasteiger partial charge in [0.15, 0.2) is 0 Å². The Labute approximate surface area is 153 Å². The highest BCUT2D eigenvalue weighted by Crippen LogP contribution is 2.27. The Hall–Kier alpha value is -1.79. The molecule has 3 rings (SSSR count). The molecule has 5 heteroatoms. The highest BCUT2D eigenvalue weighted by molar-refractivity contribution is 14.1. The molecule has 0 aliphatic heterocycles. The van der Waals surface area contributed by atoms with Crippen molar-refractivity contribution < 1.29 is 4.42 Å². The van der Waals surface area contributed by atoms with Gasteiger partial charge in [0, 0.05) is 14.2 Å². The highest BCUT2D eigenvalue weighted by atomic mass is 127. The van der Waals surface area contributed by atoms with E-state index in [9.17, 15) is 0 Å². The number of aryl methyl sites for hydroxylation is 1. The predicted octanol–water partition coefficient (Wildman–Crippen LogP) is 5.96. The number of hydrazone groups is 1. The van der Waals surface area contributed by atoms with Crippen LogP contribution in [0.2, 0.25) is 5.02 Å². The molecule has 0 aliphatic carbocycles. The molecule has 2 aromatic carbocycles. The minimum atomic E-state index is 0.678. The normalized spacial score (nSPS) is 11.1. The molecule has 0 saturated carbocycles. The predicted molar refractivity (Wildman–Crippen MR) is 104 cm³/mol. The fraction of sp³-hybridized carbons (Fsp3) is 0.0556. The van der Waals surface area contributed by atoms with Gasteiger partial charge in [-0.2, -0.15) is 5.10 Å². The first-order valence-electron chi connectivity index (χ1n) is 7.03. The smallest absolute Gasteiger partial charge is 0.147 e. The van der Waals surface area contributed by atoms with Crippen LogP contribution < -0.4 is 5.43 Å². The lowest BCUT2D eigenvalue weighted by molar-refractivity contribution is 0.574. The van der Waals surface area contributed by atoms with Gasteiger partial charge in [-0.05, 0) is 83.6 Å². The first-order chi connectivity index (χ1) is 11.1. The van der Waals surface area contributed by atoms with Gasteiger partial charge in [0.2, 0.25) is 0 Å². The van der Waals surface area contributed by atoms with Crippen molar-refractivity contribution in [2.45, 2.75) is 6.92 Å². The van der Waals surface area contributed by atoms with E-state index >= 15 is 0 Å². The summed E-state index contributed by atoms with van der Waals surface area (Å²) in [7, 11) is 0. The number of nitrogens with zero attached hydrogens (tertiary/aromatic N) is 1. The Morgan fingerprint density at radius 3 is 2.65 bits per heavy atom. The second-order valence-electron chi connectivity index (χ2n) is 5.04. The summed E-state index contributed by atoms with van der Waals surface area (Å²) in [5.74, 6) is 1.46. The molecule has 0 spiro atoms. The Balaban J connectivity index is 1.73.